The van der Waals surface area contributed by atoms with Gasteiger partial charge in [-0.2, -0.15) is 5.10 Å². The van der Waals surface area contributed by atoms with Crippen molar-refractivity contribution in [3.8, 4) is 0 Å². The van der Waals surface area contributed by atoms with Crippen LogP contribution in [0.1, 0.15) is 21.6 Å². The lowest BCUT2D eigenvalue weighted by molar-refractivity contribution is 0.0827. The minimum absolute atomic E-state index is 0.0414. The van der Waals surface area contributed by atoms with Gasteiger partial charge in [-0.25, -0.2) is 0 Å². The number of benzene rings is 1. The van der Waals surface area contributed by atoms with Gasteiger partial charge in [-0.1, -0.05) is 12.1 Å². The van der Waals surface area contributed by atoms with Crippen molar-refractivity contribution in [3.05, 3.63) is 53.3 Å². The standard InChI is InChI=1S/C15H19N3O/c1-17(2)15(19)13-6-4-5-12(11-13)7-8-14-9-10-18(3)16-14/h4-6,9-11H,7-8H2,1-3H3. The van der Waals surface area contributed by atoms with Crippen LogP contribution in [0.2, 0.25) is 0 Å². The van der Waals surface area contributed by atoms with E-state index < -0.39 is 0 Å². The molecule has 4 heteroatoms. The minimum atomic E-state index is 0.0414. The van der Waals surface area contributed by atoms with E-state index in [1.54, 1.807) is 23.7 Å². The van der Waals surface area contributed by atoms with Crippen LogP contribution < -0.4 is 0 Å². The van der Waals surface area contributed by atoms with Crippen LogP contribution in [0, 0.1) is 0 Å². The predicted octanol–water partition coefficient (Wildman–Crippen LogP) is 1.91. The summed E-state index contributed by atoms with van der Waals surface area (Å²) in [5.74, 6) is 0.0414. The van der Waals surface area contributed by atoms with Crippen LogP contribution in [-0.2, 0) is 19.9 Å². The highest BCUT2D eigenvalue weighted by molar-refractivity contribution is 5.94. The topological polar surface area (TPSA) is 38.1 Å². The van der Waals surface area contributed by atoms with Crippen LogP contribution in [0.25, 0.3) is 0 Å². The van der Waals surface area contributed by atoms with Gasteiger partial charge >= 0.3 is 0 Å². The molecule has 0 saturated heterocycles. The van der Waals surface area contributed by atoms with Gasteiger partial charge in [-0.3, -0.25) is 9.48 Å². The summed E-state index contributed by atoms with van der Waals surface area (Å²) in [4.78, 5) is 13.5. The Hall–Kier alpha value is -2.10. The quantitative estimate of drug-likeness (QED) is 0.839. The zero-order valence-electron chi connectivity index (χ0n) is 11.6. The maximum Gasteiger partial charge on any atom is 0.253 e. The van der Waals surface area contributed by atoms with Crippen molar-refractivity contribution >= 4 is 5.91 Å². The highest BCUT2D eigenvalue weighted by Gasteiger charge is 2.08. The Morgan fingerprint density at radius 2 is 2.05 bits per heavy atom. The summed E-state index contributed by atoms with van der Waals surface area (Å²) in [6.07, 6.45) is 3.73. The number of aryl methyl sites for hydroxylation is 3. The molecule has 2 aromatic rings. The fourth-order valence-corrected chi connectivity index (χ4v) is 1.99. The van der Waals surface area contributed by atoms with Crippen LogP contribution in [0.15, 0.2) is 36.5 Å². The Bertz CT molecular complexity index is 572. The van der Waals surface area contributed by atoms with E-state index in [1.807, 2.05) is 37.5 Å². The predicted molar refractivity (Wildman–Crippen MR) is 75.1 cm³/mol. The Morgan fingerprint density at radius 3 is 2.68 bits per heavy atom. The van der Waals surface area contributed by atoms with Gasteiger partial charge in [0.1, 0.15) is 0 Å². The van der Waals surface area contributed by atoms with Gasteiger partial charge in [-0.05, 0) is 36.6 Å². The lowest BCUT2D eigenvalue weighted by atomic mass is 10.0. The first-order valence-corrected chi connectivity index (χ1v) is 6.35. The average molecular weight is 257 g/mol. The van der Waals surface area contributed by atoms with E-state index in [0.29, 0.717) is 0 Å². The molecule has 0 bridgehead atoms. The van der Waals surface area contributed by atoms with Gasteiger partial charge in [0.15, 0.2) is 0 Å². The summed E-state index contributed by atoms with van der Waals surface area (Å²) in [6, 6.07) is 9.83. The minimum Gasteiger partial charge on any atom is -0.345 e. The largest absolute Gasteiger partial charge is 0.345 e. The molecule has 100 valence electrons. The van der Waals surface area contributed by atoms with Crippen molar-refractivity contribution in [2.75, 3.05) is 14.1 Å². The number of nitrogens with zero attached hydrogens (tertiary/aromatic N) is 3. The van der Waals surface area contributed by atoms with Crippen molar-refractivity contribution in [1.29, 1.82) is 0 Å². The summed E-state index contributed by atoms with van der Waals surface area (Å²) >= 11 is 0. The zero-order valence-corrected chi connectivity index (χ0v) is 11.6. The molecule has 0 N–H and O–H groups in total. The molecular weight excluding hydrogens is 238 g/mol. The summed E-state index contributed by atoms with van der Waals surface area (Å²) < 4.78 is 1.81. The van der Waals surface area contributed by atoms with Crippen molar-refractivity contribution in [1.82, 2.24) is 14.7 Å². The zero-order chi connectivity index (χ0) is 13.8. The number of carbonyl (C=O) groups excluding carboxylic acids is 1. The molecule has 0 fully saturated rings. The molecule has 0 aliphatic carbocycles. The van der Waals surface area contributed by atoms with E-state index in [9.17, 15) is 4.79 Å². The van der Waals surface area contributed by atoms with E-state index >= 15 is 0 Å². The van der Waals surface area contributed by atoms with Gasteiger partial charge in [0.25, 0.3) is 5.91 Å². The lowest BCUT2D eigenvalue weighted by Crippen LogP contribution is -2.21. The van der Waals surface area contributed by atoms with E-state index in [2.05, 4.69) is 11.2 Å². The highest BCUT2D eigenvalue weighted by atomic mass is 16.2. The molecular formula is C15H19N3O. The number of rotatable bonds is 4. The van der Waals surface area contributed by atoms with Gasteiger partial charge in [0.05, 0.1) is 5.69 Å². The third-order valence-corrected chi connectivity index (χ3v) is 3.02. The normalized spacial score (nSPS) is 10.5. The fourth-order valence-electron chi connectivity index (χ4n) is 1.99. The Labute approximate surface area is 113 Å². The fraction of sp³-hybridized carbons (Fsp3) is 0.333. The molecule has 0 aliphatic rings. The molecule has 1 aromatic heterocycles. The maximum absolute atomic E-state index is 11.9. The van der Waals surface area contributed by atoms with Crippen LogP contribution >= 0.6 is 0 Å². The molecule has 0 radical (unpaired) electrons. The molecule has 0 unspecified atom stereocenters. The van der Waals surface area contributed by atoms with E-state index in [1.165, 1.54) is 5.56 Å². The monoisotopic (exact) mass is 257 g/mol. The first kappa shape index (κ1) is 13.3. The average Bonchev–Trinajstić information content (AvgIpc) is 2.81. The summed E-state index contributed by atoms with van der Waals surface area (Å²) in [7, 11) is 5.45. The Balaban J connectivity index is 2.05. The van der Waals surface area contributed by atoms with Gasteiger partial charge in [0, 0.05) is 32.9 Å². The third kappa shape index (κ3) is 3.44. The SMILES string of the molecule is CN(C)C(=O)c1cccc(CCc2ccn(C)n2)c1. The van der Waals surface area contributed by atoms with Crippen molar-refractivity contribution in [2.45, 2.75) is 12.8 Å². The van der Waals surface area contributed by atoms with Crippen LogP contribution in [0.5, 0.6) is 0 Å². The van der Waals surface area contributed by atoms with Crippen molar-refractivity contribution in [3.63, 3.8) is 0 Å². The second-order valence-corrected chi connectivity index (χ2v) is 4.88. The van der Waals surface area contributed by atoms with Crippen molar-refractivity contribution < 1.29 is 4.79 Å². The van der Waals surface area contributed by atoms with Crippen LogP contribution in [-0.4, -0.2) is 34.7 Å². The van der Waals surface area contributed by atoms with Gasteiger partial charge in [-0.15, -0.1) is 0 Å². The number of amides is 1. The molecule has 0 saturated carbocycles. The van der Waals surface area contributed by atoms with E-state index in [4.69, 9.17) is 0 Å². The maximum atomic E-state index is 11.9. The molecule has 0 spiro atoms. The molecule has 1 heterocycles. The second kappa shape index (κ2) is 5.69. The summed E-state index contributed by atoms with van der Waals surface area (Å²) in [5.41, 5.74) is 2.98. The Morgan fingerprint density at radius 1 is 1.26 bits per heavy atom. The molecule has 19 heavy (non-hydrogen) atoms. The molecule has 0 atom stereocenters. The summed E-state index contributed by atoms with van der Waals surface area (Å²) in [5, 5.41) is 4.35. The van der Waals surface area contributed by atoms with Crippen LogP contribution in [0.4, 0.5) is 0 Å². The Kier molecular flexibility index (Phi) is 4.00. The number of carbonyl (C=O) groups is 1. The molecule has 0 aliphatic heterocycles. The molecule has 4 nitrogen and oxygen atoms in total. The second-order valence-electron chi connectivity index (χ2n) is 4.88. The first-order chi connectivity index (χ1) is 9.06. The van der Waals surface area contributed by atoms with Crippen LogP contribution in [0.3, 0.4) is 0 Å². The van der Waals surface area contributed by atoms with Gasteiger partial charge in [0.2, 0.25) is 0 Å². The van der Waals surface area contributed by atoms with Gasteiger partial charge < -0.3 is 4.90 Å². The number of hydrogen-bond acceptors (Lipinski definition) is 2. The smallest absolute Gasteiger partial charge is 0.253 e. The van der Waals surface area contributed by atoms with E-state index in [0.717, 1.165) is 24.1 Å². The molecule has 1 aromatic carbocycles. The molecule has 2 rings (SSSR count). The first-order valence-electron chi connectivity index (χ1n) is 6.35. The van der Waals surface area contributed by atoms with Crippen molar-refractivity contribution in [2.24, 2.45) is 7.05 Å². The summed E-state index contributed by atoms with van der Waals surface area (Å²) in [6.45, 7) is 0. The lowest BCUT2D eigenvalue weighted by Gasteiger charge is -2.11. The highest BCUT2D eigenvalue weighted by Crippen LogP contribution is 2.10. The van der Waals surface area contributed by atoms with E-state index in [-0.39, 0.29) is 5.91 Å². The molecule has 1 amide bonds. The number of hydrogen-bond donors (Lipinski definition) is 0. The third-order valence-electron chi connectivity index (χ3n) is 3.02. The number of aromatic nitrogens is 2.